The van der Waals surface area contributed by atoms with Gasteiger partial charge < -0.3 is 5.73 Å². The van der Waals surface area contributed by atoms with Gasteiger partial charge in [0.2, 0.25) is 0 Å². The fraction of sp³-hybridized carbons (Fsp3) is 0.129. The first kappa shape index (κ1) is 21.8. The monoisotopic (exact) mass is 485 g/mol. The molecule has 0 unspecified atom stereocenters. The summed E-state index contributed by atoms with van der Waals surface area (Å²) in [6.07, 6.45) is 3.22. The van der Waals surface area contributed by atoms with Gasteiger partial charge in [-0.2, -0.15) is 0 Å². The lowest BCUT2D eigenvalue weighted by atomic mass is 9.72. The maximum Gasteiger partial charge on any atom is 0.184 e. The van der Waals surface area contributed by atoms with Gasteiger partial charge in [0, 0.05) is 22.1 Å². The van der Waals surface area contributed by atoms with E-state index in [0.29, 0.717) is 5.65 Å². The zero-order valence-electron chi connectivity index (χ0n) is 20.1. The smallest absolute Gasteiger partial charge is 0.184 e. The molecule has 0 radical (unpaired) electrons. The number of hydrogen-bond acceptors (Lipinski definition) is 4. The van der Waals surface area contributed by atoms with Crippen LogP contribution in [0.1, 0.15) is 24.8 Å². The summed E-state index contributed by atoms with van der Waals surface area (Å²) in [7, 11) is 0. The summed E-state index contributed by atoms with van der Waals surface area (Å²) in [5, 5.41) is 10.6. The van der Waals surface area contributed by atoms with Crippen LogP contribution < -0.4 is 5.73 Å². The zero-order chi connectivity index (χ0) is 25.0. The Labute approximate surface area is 213 Å². The maximum absolute atomic E-state index is 13.5. The van der Waals surface area contributed by atoms with Crippen molar-refractivity contribution in [2.24, 2.45) is 5.73 Å². The zero-order valence-corrected chi connectivity index (χ0v) is 20.1. The minimum Gasteiger partial charge on any atom is -0.321 e. The molecule has 1 saturated carbocycles. The SMILES string of the molecule is NC1(c2ccc(-c3nn4nc5ccc(-c6ccc(F)cc6)cc5c4nc3-c3ccccc3)cc2)CCC1. The van der Waals surface area contributed by atoms with Crippen LogP contribution in [0.5, 0.6) is 0 Å². The molecule has 5 nitrogen and oxygen atoms in total. The molecular formula is C31H24FN5. The van der Waals surface area contributed by atoms with Gasteiger partial charge in [0.15, 0.2) is 5.65 Å². The van der Waals surface area contributed by atoms with E-state index in [0.717, 1.165) is 62.9 Å². The van der Waals surface area contributed by atoms with Crippen molar-refractivity contribution in [1.29, 1.82) is 0 Å². The highest BCUT2D eigenvalue weighted by Gasteiger charge is 2.34. The van der Waals surface area contributed by atoms with E-state index in [1.54, 1.807) is 16.8 Å². The van der Waals surface area contributed by atoms with Crippen molar-refractivity contribution in [3.05, 3.63) is 108 Å². The number of nitrogens with zero attached hydrogens (tertiary/aromatic N) is 4. The Balaban J connectivity index is 1.41. The van der Waals surface area contributed by atoms with Crippen LogP contribution in [0.25, 0.3) is 50.2 Å². The van der Waals surface area contributed by atoms with Crippen LogP contribution in [0.2, 0.25) is 0 Å². The Morgan fingerprint density at radius 2 is 1.38 bits per heavy atom. The third-order valence-electron chi connectivity index (χ3n) is 7.47. The van der Waals surface area contributed by atoms with Gasteiger partial charge in [0.1, 0.15) is 17.2 Å². The molecule has 0 aliphatic heterocycles. The molecule has 2 aromatic heterocycles. The fourth-order valence-electron chi connectivity index (χ4n) is 5.16. The highest BCUT2D eigenvalue weighted by molar-refractivity contribution is 5.96. The molecule has 2 N–H and O–H groups in total. The number of rotatable bonds is 4. The third-order valence-corrected chi connectivity index (χ3v) is 7.47. The highest BCUT2D eigenvalue weighted by atomic mass is 19.1. The molecule has 0 amide bonds. The number of fused-ring (bicyclic) bond motifs is 3. The van der Waals surface area contributed by atoms with E-state index in [9.17, 15) is 4.39 Å². The van der Waals surface area contributed by atoms with Crippen LogP contribution in [0.15, 0.2) is 97.1 Å². The van der Waals surface area contributed by atoms with Crippen molar-refractivity contribution < 1.29 is 4.39 Å². The van der Waals surface area contributed by atoms with Gasteiger partial charge in [0.25, 0.3) is 0 Å². The first-order valence-corrected chi connectivity index (χ1v) is 12.5. The van der Waals surface area contributed by atoms with Crippen molar-refractivity contribution >= 4 is 16.6 Å². The molecule has 0 bridgehead atoms. The minimum absolute atomic E-state index is 0.210. The van der Waals surface area contributed by atoms with E-state index in [2.05, 4.69) is 24.3 Å². The molecule has 1 aliphatic carbocycles. The molecule has 180 valence electrons. The molecular weight excluding hydrogens is 461 g/mol. The average Bonchev–Trinajstić information content (AvgIpc) is 3.29. The Morgan fingerprint density at radius 1 is 0.703 bits per heavy atom. The standard InChI is InChI=1S/C31H24FN5/c32-25-14-9-20(10-15-25)23-11-16-27-26(19-23)30-34-28(21-5-2-1-3-6-21)29(36-37(30)35-27)22-7-12-24(13-8-22)31(33)17-4-18-31/h1-3,5-16,19H,4,17-18,33H2. The van der Waals surface area contributed by atoms with E-state index >= 15 is 0 Å². The Hall–Kier alpha value is -4.42. The molecule has 1 fully saturated rings. The van der Waals surface area contributed by atoms with Gasteiger partial charge in [0.05, 0.1) is 5.52 Å². The van der Waals surface area contributed by atoms with Gasteiger partial charge in [-0.15, -0.1) is 14.8 Å². The molecule has 0 saturated heterocycles. The first-order chi connectivity index (χ1) is 18.1. The van der Waals surface area contributed by atoms with Crippen molar-refractivity contribution in [2.45, 2.75) is 24.8 Å². The van der Waals surface area contributed by atoms with Gasteiger partial charge in [-0.3, -0.25) is 0 Å². The molecule has 6 aromatic rings. The second kappa shape index (κ2) is 8.32. The van der Waals surface area contributed by atoms with Gasteiger partial charge in [-0.25, -0.2) is 9.37 Å². The summed E-state index contributed by atoms with van der Waals surface area (Å²) in [6.45, 7) is 0. The molecule has 4 aromatic carbocycles. The summed E-state index contributed by atoms with van der Waals surface area (Å²) in [4.78, 5) is 5.11. The van der Waals surface area contributed by atoms with E-state index in [1.807, 2.05) is 48.5 Å². The quantitative estimate of drug-likeness (QED) is 0.300. The molecule has 2 heterocycles. The number of halogens is 1. The number of benzene rings is 4. The summed E-state index contributed by atoms with van der Waals surface area (Å²) in [5.74, 6) is -0.255. The summed E-state index contributed by atoms with van der Waals surface area (Å²) >= 11 is 0. The predicted molar refractivity (Wildman–Crippen MR) is 144 cm³/mol. The molecule has 0 atom stereocenters. The van der Waals surface area contributed by atoms with Crippen molar-refractivity contribution in [2.75, 3.05) is 0 Å². The average molecular weight is 486 g/mol. The van der Waals surface area contributed by atoms with Crippen LogP contribution in [-0.2, 0) is 5.54 Å². The van der Waals surface area contributed by atoms with Crippen LogP contribution in [0.4, 0.5) is 4.39 Å². The lowest BCUT2D eigenvalue weighted by molar-refractivity contribution is 0.253. The largest absolute Gasteiger partial charge is 0.321 e. The van der Waals surface area contributed by atoms with Gasteiger partial charge >= 0.3 is 0 Å². The number of aromatic nitrogens is 4. The van der Waals surface area contributed by atoms with Crippen molar-refractivity contribution in [3.8, 4) is 33.6 Å². The molecule has 7 rings (SSSR count). The third kappa shape index (κ3) is 3.69. The van der Waals surface area contributed by atoms with E-state index in [1.165, 1.54) is 18.6 Å². The molecule has 6 heteroatoms. The Morgan fingerprint density at radius 3 is 2.08 bits per heavy atom. The summed E-state index contributed by atoms with van der Waals surface area (Å²) < 4.78 is 15.1. The normalized spacial score (nSPS) is 14.6. The van der Waals surface area contributed by atoms with E-state index < -0.39 is 0 Å². The lowest BCUT2D eigenvalue weighted by Gasteiger charge is -2.38. The topological polar surface area (TPSA) is 69.1 Å². The Bertz CT molecular complexity index is 1750. The van der Waals surface area contributed by atoms with Crippen molar-refractivity contribution in [1.82, 2.24) is 19.8 Å². The fourth-order valence-corrected chi connectivity index (χ4v) is 5.16. The molecule has 37 heavy (non-hydrogen) atoms. The maximum atomic E-state index is 13.5. The lowest BCUT2D eigenvalue weighted by Crippen LogP contribution is -2.43. The van der Waals surface area contributed by atoms with Crippen LogP contribution in [0, 0.1) is 5.82 Å². The number of hydrogen-bond donors (Lipinski definition) is 1. The molecule has 0 spiro atoms. The predicted octanol–water partition coefficient (Wildman–Crippen LogP) is 6.76. The van der Waals surface area contributed by atoms with E-state index in [-0.39, 0.29) is 11.4 Å². The van der Waals surface area contributed by atoms with Gasteiger partial charge in [-0.1, -0.05) is 72.8 Å². The van der Waals surface area contributed by atoms with Crippen molar-refractivity contribution in [3.63, 3.8) is 0 Å². The van der Waals surface area contributed by atoms with E-state index in [4.69, 9.17) is 20.9 Å². The van der Waals surface area contributed by atoms with Crippen LogP contribution in [0.3, 0.4) is 0 Å². The van der Waals surface area contributed by atoms with Crippen LogP contribution >= 0.6 is 0 Å². The Kier molecular flexibility index (Phi) is 4.91. The van der Waals surface area contributed by atoms with Gasteiger partial charge in [-0.05, 0) is 60.2 Å². The summed E-state index contributed by atoms with van der Waals surface area (Å²) in [6, 6.07) is 31.0. The van der Waals surface area contributed by atoms with Crippen LogP contribution in [-0.4, -0.2) is 19.8 Å². The number of nitrogens with two attached hydrogens (primary N) is 1. The molecule has 1 aliphatic rings. The summed E-state index contributed by atoms with van der Waals surface area (Å²) in [5.41, 5.74) is 14.4. The highest BCUT2D eigenvalue weighted by Crippen LogP contribution is 2.40. The first-order valence-electron chi connectivity index (χ1n) is 12.5. The minimum atomic E-state index is -0.255. The second-order valence-electron chi connectivity index (χ2n) is 9.81. The second-order valence-corrected chi connectivity index (χ2v) is 9.81.